The summed E-state index contributed by atoms with van der Waals surface area (Å²) in [6.07, 6.45) is 0. The second-order valence-corrected chi connectivity index (χ2v) is 4.74. The third-order valence-corrected chi connectivity index (χ3v) is 3.18. The smallest absolute Gasteiger partial charge is 0.160 e. The van der Waals surface area contributed by atoms with Crippen LogP contribution in [0, 0.1) is 0 Å². The summed E-state index contributed by atoms with van der Waals surface area (Å²) >= 11 is 5.85. The lowest BCUT2D eigenvalue weighted by atomic mass is 10.1. The molecule has 0 aliphatic rings. The van der Waals surface area contributed by atoms with Gasteiger partial charge < -0.3 is 15.2 Å². The maximum atomic E-state index is 9.58. The zero-order valence-corrected chi connectivity index (χ0v) is 11.6. The molecule has 0 aliphatic carbocycles. The van der Waals surface area contributed by atoms with Gasteiger partial charge in [0, 0.05) is 16.8 Å². The second-order valence-electron chi connectivity index (χ2n) is 4.30. The number of nitrogens with one attached hydrogen (secondary N) is 1. The Labute approximate surface area is 117 Å². The fourth-order valence-corrected chi connectivity index (χ4v) is 1.97. The van der Waals surface area contributed by atoms with E-state index in [1.807, 2.05) is 43.3 Å². The summed E-state index contributed by atoms with van der Waals surface area (Å²) < 4.78 is 5.11. The van der Waals surface area contributed by atoms with Gasteiger partial charge in [-0.2, -0.15) is 0 Å². The highest BCUT2D eigenvalue weighted by Gasteiger charge is 2.09. The molecule has 0 saturated carbocycles. The molecule has 0 fully saturated rings. The Morgan fingerprint density at radius 3 is 2.47 bits per heavy atom. The predicted octanol–water partition coefficient (Wildman–Crippen LogP) is 4.23. The number of hydrogen-bond acceptors (Lipinski definition) is 3. The first-order valence-corrected chi connectivity index (χ1v) is 6.37. The zero-order chi connectivity index (χ0) is 13.8. The predicted molar refractivity (Wildman–Crippen MR) is 78.1 cm³/mol. The van der Waals surface area contributed by atoms with Crippen molar-refractivity contribution in [1.29, 1.82) is 0 Å². The molecule has 1 unspecified atom stereocenters. The van der Waals surface area contributed by atoms with Crippen LogP contribution in [0.5, 0.6) is 11.5 Å². The van der Waals surface area contributed by atoms with Crippen molar-refractivity contribution >= 4 is 17.3 Å². The summed E-state index contributed by atoms with van der Waals surface area (Å²) in [5.74, 6) is 0.618. The van der Waals surface area contributed by atoms with Crippen molar-refractivity contribution < 1.29 is 9.84 Å². The molecule has 0 radical (unpaired) electrons. The van der Waals surface area contributed by atoms with Crippen molar-refractivity contribution in [3.8, 4) is 11.5 Å². The van der Waals surface area contributed by atoms with Gasteiger partial charge in [-0.25, -0.2) is 0 Å². The maximum Gasteiger partial charge on any atom is 0.160 e. The lowest BCUT2D eigenvalue weighted by molar-refractivity contribution is 0.373. The summed E-state index contributed by atoms with van der Waals surface area (Å²) in [5, 5.41) is 13.6. The number of methoxy groups -OCH3 is 1. The number of aromatic hydroxyl groups is 1. The number of halogens is 1. The first-order valence-electron chi connectivity index (χ1n) is 5.99. The van der Waals surface area contributed by atoms with Gasteiger partial charge in [-0.05, 0) is 48.9 Å². The molecular formula is C15H16ClNO2. The lowest BCUT2D eigenvalue weighted by Gasteiger charge is -2.17. The Morgan fingerprint density at radius 2 is 1.84 bits per heavy atom. The highest BCUT2D eigenvalue weighted by molar-refractivity contribution is 6.30. The fraction of sp³-hybridized carbons (Fsp3) is 0.200. The minimum absolute atomic E-state index is 0.0932. The first kappa shape index (κ1) is 13.6. The highest BCUT2D eigenvalue weighted by Crippen LogP contribution is 2.30. The number of benzene rings is 2. The Morgan fingerprint density at radius 1 is 1.16 bits per heavy atom. The van der Waals surface area contributed by atoms with Crippen molar-refractivity contribution in [3.63, 3.8) is 0 Å². The minimum Gasteiger partial charge on any atom is -0.504 e. The molecule has 4 heteroatoms. The molecule has 0 aromatic heterocycles. The van der Waals surface area contributed by atoms with Crippen LogP contribution in [0.25, 0.3) is 0 Å². The molecule has 0 heterocycles. The average molecular weight is 278 g/mol. The summed E-state index contributed by atoms with van der Waals surface area (Å²) in [6, 6.07) is 13.0. The molecule has 19 heavy (non-hydrogen) atoms. The quantitative estimate of drug-likeness (QED) is 0.879. The molecule has 0 bridgehead atoms. The summed E-state index contributed by atoms with van der Waals surface area (Å²) in [5.41, 5.74) is 2.02. The van der Waals surface area contributed by atoms with Crippen molar-refractivity contribution in [2.75, 3.05) is 12.4 Å². The van der Waals surface area contributed by atoms with Gasteiger partial charge >= 0.3 is 0 Å². The number of phenols is 1. The molecule has 100 valence electrons. The molecule has 2 N–H and O–H groups in total. The number of ether oxygens (including phenoxy) is 1. The second kappa shape index (κ2) is 5.85. The van der Waals surface area contributed by atoms with E-state index in [1.165, 1.54) is 7.11 Å². The normalized spacial score (nSPS) is 11.9. The van der Waals surface area contributed by atoms with Gasteiger partial charge in [0.15, 0.2) is 11.5 Å². The molecule has 2 aromatic carbocycles. The summed E-state index contributed by atoms with van der Waals surface area (Å²) in [6.45, 7) is 2.04. The molecule has 0 saturated heterocycles. The van der Waals surface area contributed by atoms with E-state index in [9.17, 15) is 5.11 Å². The third kappa shape index (κ3) is 3.32. The van der Waals surface area contributed by atoms with Crippen molar-refractivity contribution in [2.24, 2.45) is 0 Å². The van der Waals surface area contributed by atoms with E-state index in [-0.39, 0.29) is 11.8 Å². The van der Waals surface area contributed by atoms with E-state index in [0.717, 1.165) is 11.3 Å². The van der Waals surface area contributed by atoms with E-state index in [4.69, 9.17) is 16.3 Å². The van der Waals surface area contributed by atoms with E-state index in [2.05, 4.69) is 5.32 Å². The average Bonchev–Trinajstić information content (AvgIpc) is 2.42. The van der Waals surface area contributed by atoms with E-state index < -0.39 is 0 Å². The topological polar surface area (TPSA) is 41.5 Å². The van der Waals surface area contributed by atoms with Crippen molar-refractivity contribution in [2.45, 2.75) is 13.0 Å². The highest BCUT2D eigenvalue weighted by atomic mass is 35.5. The maximum absolute atomic E-state index is 9.58. The van der Waals surface area contributed by atoms with E-state index >= 15 is 0 Å². The fourth-order valence-electron chi connectivity index (χ4n) is 1.84. The van der Waals surface area contributed by atoms with Crippen LogP contribution in [0.2, 0.25) is 5.02 Å². The SMILES string of the molecule is COc1cc(C(C)Nc2ccc(Cl)cc2)ccc1O. The monoisotopic (exact) mass is 277 g/mol. The standard InChI is InChI=1S/C15H16ClNO2/c1-10(17-13-6-4-12(16)5-7-13)11-3-8-14(18)15(9-11)19-2/h3-10,17-18H,1-2H3. The molecule has 2 rings (SSSR count). The van der Waals surface area contributed by atoms with Gasteiger partial charge in [0.1, 0.15) is 0 Å². The van der Waals surface area contributed by atoms with E-state index in [1.54, 1.807) is 6.07 Å². The van der Waals surface area contributed by atoms with Crippen LogP contribution >= 0.6 is 11.6 Å². The van der Waals surface area contributed by atoms with Crippen LogP contribution in [0.1, 0.15) is 18.5 Å². The number of phenolic OH excluding ortho intramolecular Hbond substituents is 1. The molecule has 2 aromatic rings. The van der Waals surface area contributed by atoms with Gasteiger partial charge in [0.25, 0.3) is 0 Å². The van der Waals surface area contributed by atoms with Crippen LogP contribution in [-0.4, -0.2) is 12.2 Å². The molecular weight excluding hydrogens is 262 g/mol. The van der Waals surface area contributed by atoms with Crippen LogP contribution < -0.4 is 10.1 Å². The summed E-state index contributed by atoms with van der Waals surface area (Å²) in [7, 11) is 1.54. The van der Waals surface area contributed by atoms with Gasteiger partial charge in [-0.15, -0.1) is 0 Å². The van der Waals surface area contributed by atoms with Crippen LogP contribution in [0.3, 0.4) is 0 Å². The Kier molecular flexibility index (Phi) is 4.17. The third-order valence-electron chi connectivity index (χ3n) is 2.93. The van der Waals surface area contributed by atoms with Gasteiger partial charge in [0.2, 0.25) is 0 Å². The Bertz CT molecular complexity index is 555. The molecule has 3 nitrogen and oxygen atoms in total. The minimum atomic E-state index is 0.0932. The van der Waals surface area contributed by atoms with Gasteiger partial charge in [-0.1, -0.05) is 17.7 Å². The van der Waals surface area contributed by atoms with Crippen molar-refractivity contribution in [3.05, 3.63) is 53.1 Å². The Balaban J connectivity index is 2.15. The van der Waals surface area contributed by atoms with Crippen molar-refractivity contribution in [1.82, 2.24) is 0 Å². The molecule has 1 atom stereocenters. The van der Waals surface area contributed by atoms with Gasteiger partial charge in [-0.3, -0.25) is 0 Å². The summed E-state index contributed by atoms with van der Waals surface area (Å²) in [4.78, 5) is 0. The van der Waals surface area contributed by atoms with Crippen LogP contribution in [0.15, 0.2) is 42.5 Å². The van der Waals surface area contributed by atoms with Gasteiger partial charge in [0.05, 0.1) is 7.11 Å². The van der Waals surface area contributed by atoms with Crippen LogP contribution in [-0.2, 0) is 0 Å². The molecule has 0 spiro atoms. The number of anilines is 1. The number of rotatable bonds is 4. The Hall–Kier alpha value is -1.87. The lowest BCUT2D eigenvalue weighted by Crippen LogP contribution is -2.06. The van der Waals surface area contributed by atoms with Crippen LogP contribution in [0.4, 0.5) is 5.69 Å². The van der Waals surface area contributed by atoms with E-state index in [0.29, 0.717) is 10.8 Å². The first-order chi connectivity index (χ1) is 9.10. The number of hydrogen-bond donors (Lipinski definition) is 2. The largest absolute Gasteiger partial charge is 0.504 e. The molecule has 0 aliphatic heterocycles. The zero-order valence-electron chi connectivity index (χ0n) is 10.9. The molecule has 0 amide bonds.